The van der Waals surface area contributed by atoms with Gasteiger partial charge in [-0.3, -0.25) is 0 Å². The predicted molar refractivity (Wildman–Crippen MR) is 80.7 cm³/mol. The van der Waals surface area contributed by atoms with Crippen molar-refractivity contribution in [1.82, 2.24) is 4.98 Å². The molecule has 1 saturated carbocycles. The molecule has 1 aliphatic rings. The highest BCUT2D eigenvalue weighted by Crippen LogP contribution is 2.33. The molecule has 0 aromatic carbocycles. The highest BCUT2D eigenvalue weighted by molar-refractivity contribution is 9.10. The summed E-state index contributed by atoms with van der Waals surface area (Å²) in [6.07, 6.45) is 5.55. The molecule has 4 heteroatoms. The van der Waals surface area contributed by atoms with Crippen LogP contribution in [0.2, 0.25) is 0 Å². The zero-order valence-corrected chi connectivity index (χ0v) is 12.9. The third kappa shape index (κ3) is 2.79. The third-order valence-corrected chi connectivity index (χ3v) is 5.03. The topological polar surface area (TPSA) is 50.9 Å². The molecule has 3 atom stereocenters. The van der Waals surface area contributed by atoms with E-state index < -0.39 is 0 Å². The Morgan fingerprint density at radius 3 is 2.78 bits per heavy atom. The molecule has 0 spiro atoms. The van der Waals surface area contributed by atoms with Crippen molar-refractivity contribution >= 4 is 27.4 Å². The summed E-state index contributed by atoms with van der Waals surface area (Å²) in [5.74, 6) is 2.47. The predicted octanol–water partition coefficient (Wildman–Crippen LogP) is 3.97. The van der Waals surface area contributed by atoms with E-state index in [1.165, 1.54) is 19.3 Å². The van der Waals surface area contributed by atoms with E-state index in [0.29, 0.717) is 12.0 Å². The van der Waals surface area contributed by atoms with Gasteiger partial charge in [-0.15, -0.1) is 0 Å². The summed E-state index contributed by atoms with van der Waals surface area (Å²) in [6.45, 7) is 6.68. The monoisotopic (exact) mass is 311 g/mol. The second-order valence-electron chi connectivity index (χ2n) is 5.65. The maximum Gasteiger partial charge on any atom is 0.140 e. The van der Waals surface area contributed by atoms with E-state index >= 15 is 0 Å². The molecule has 1 fully saturated rings. The van der Waals surface area contributed by atoms with E-state index in [9.17, 15) is 0 Å². The van der Waals surface area contributed by atoms with Crippen LogP contribution in [-0.2, 0) is 0 Å². The smallest absolute Gasteiger partial charge is 0.140 e. The van der Waals surface area contributed by atoms with Crippen molar-refractivity contribution in [2.75, 3.05) is 11.1 Å². The van der Waals surface area contributed by atoms with E-state index in [2.05, 4.69) is 40.1 Å². The summed E-state index contributed by atoms with van der Waals surface area (Å²) in [6, 6.07) is 0.521. The van der Waals surface area contributed by atoms with Crippen molar-refractivity contribution in [2.45, 2.75) is 46.1 Å². The number of pyridine rings is 1. The largest absolute Gasteiger partial charge is 0.397 e. The minimum atomic E-state index is 0.521. The van der Waals surface area contributed by atoms with Gasteiger partial charge in [0.05, 0.1) is 16.4 Å². The normalized spacial score (nSPS) is 28.1. The average molecular weight is 312 g/mol. The summed E-state index contributed by atoms with van der Waals surface area (Å²) < 4.78 is 0.994. The number of nitrogen functional groups attached to an aromatic ring is 1. The first kappa shape index (κ1) is 13.7. The Morgan fingerprint density at radius 2 is 2.11 bits per heavy atom. The van der Waals surface area contributed by atoms with Gasteiger partial charge < -0.3 is 11.1 Å². The van der Waals surface area contributed by atoms with E-state index in [-0.39, 0.29) is 0 Å². The Labute approximate surface area is 118 Å². The molecular formula is C14H22BrN3. The van der Waals surface area contributed by atoms with Crippen molar-refractivity contribution in [3.05, 3.63) is 16.2 Å². The lowest BCUT2D eigenvalue weighted by atomic mass is 9.80. The zero-order chi connectivity index (χ0) is 13.3. The fourth-order valence-electron chi connectivity index (χ4n) is 2.75. The Kier molecular flexibility index (Phi) is 4.15. The van der Waals surface area contributed by atoms with Crippen LogP contribution in [0.15, 0.2) is 10.7 Å². The van der Waals surface area contributed by atoms with Crippen LogP contribution < -0.4 is 11.1 Å². The van der Waals surface area contributed by atoms with Crippen molar-refractivity contribution in [2.24, 2.45) is 11.8 Å². The molecule has 3 unspecified atom stereocenters. The van der Waals surface area contributed by atoms with Crippen LogP contribution in [0.1, 0.15) is 38.7 Å². The number of aromatic nitrogens is 1. The Balaban J connectivity index is 2.12. The van der Waals surface area contributed by atoms with Crippen LogP contribution in [0.25, 0.3) is 0 Å². The highest BCUT2D eigenvalue weighted by atomic mass is 79.9. The number of hydrogen-bond donors (Lipinski definition) is 2. The van der Waals surface area contributed by atoms with Gasteiger partial charge in [0.2, 0.25) is 0 Å². The molecule has 3 N–H and O–H groups in total. The van der Waals surface area contributed by atoms with Crippen molar-refractivity contribution < 1.29 is 0 Å². The molecule has 0 amide bonds. The number of nitrogens with zero attached hydrogens (tertiary/aromatic N) is 1. The molecule has 0 bridgehead atoms. The number of hydrogen-bond acceptors (Lipinski definition) is 3. The van der Waals surface area contributed by atoms with Crippen LogP contribution in [0, 0.1) is 18.8 Å². The highest BCUT2D eigenvalue weighted by Gasteiger charge is 2.26. The molecule has 1 aromatic rings. The Bertz CT molecular complexity index is 433. The number of rotatable bonds is 2. The number of anilines is 2. The molecule has 0 aliphatic heterocycles. The molecular weight excluding hydrogens is 290 g/mol. The van der Waals surface area contributed by atoms with Crippen LogP contribution in [0.5, 0.6) is 0 Å². The molecule has 2 rings (SSSR count). The first-order chi connectivity index (χ1) is 8.49. The fraction of sp³-hybridized carbons (Fsp3) is 0.643. The number of halogens is 1. The lowest BCUT2D eigenvalue weighted by Gasteiger charge is -2.33. The van der Waals surface area contributed by atoms with Crippen molar-refractivity contribution in [1.29, 1.82) is 0 Å². The van der Waals surface area contributed by atoms with Gasteiger partial charge in [0.25, 0.3) is 0 Å². The third-order valence-electron chi connectivity index (χ3n) is 4.06. The van der Waals surface area contributed by atoms with Crippen molar-refractivity contribution in [3.63, 3.8) is 0 Å². The lowest BCUT2D eigenvalue weighted by molar-refractivity contribution is 0.276. The van der Waals surface area contributed by atoms with Gasteiger partial charge in [-0.2, -0.15) is 0 Å². The summed E-state index contributed by atoms with van der Waals surface area (Å²) in [5, 5.41) is 3.57. The lowest BCUT2D eigenvalue weighted by Crippen LogP contribution is -2.33. The summed E-state index contributed by atoms with van der Waals surface area (Å²) in [4.78, 5) is 4.40. The summed E-state index contributed by atoms with van der Waals surface area (Å²) in [5.41, 5.74) is 7.64. The molecule has 18 heavy (non-hydrogen) atoms. The SMILES string of the molecule is Cc1c(N)cnc(NC2CCC(C)CC2C)c1Br. The van der Waals surface area contributed by atoms with Crippen molar-refractivity contribution in [3.8, 4) is 0 Å². The van der Waals surface area contributed by atoms with Gasteiger partial charge in [0.15, 0.2) is 0 Å². The maximum absolute atomic E-state index is 5.85. The minimum absolute atomic E-state index is 0.521. The van der Waals surface area contributed by atoms with Gasteiger partial charge in [-0.1, -0.05) is 13.8 Å². The number of nitrogens with two attached hydrogens (primary N) is 1. The Morgan fingerprint density at radius 1 is 1.39 bits per heavy atom. The molecule has 1 aliphatic carbocycles. The molecule has 0 radical (unpaired) electrons. The van der Waals surface area contributed by atoms with Gasteiger partial charge in [0.1, 0.15) is 5.82 Å². The van der Waals surface area contributed by atoms with E-state index in [0.717, 1.165) is 27.5 Å². The first-order valence-electron chi connectivity index (χ1n) is 6.66. The summed E-state index contributed by atoms with van der Waals surface area (Å²) >= 11 is 3.58. The first-order valence-corrected chi connectivity index (χ1v) is 7.45. The molecule has 1 aromatic heterocycles. The van der Waals surface area contributed by atoms with Crippen LogP contribution in [-0.4, -0.2) is 11.0 Å². The van der Waals surface area contributed by atoms with Gasteiger partial charge in [0, 0.05) is 6.04 Å². The van der Waals surface area contributed by atoms with Crippen LogP contribution in [0.4, 0.5) is 11.5 Å². The van der Waals surface area contributed by atoms with Gasteiger partial charge in [-0.05, 0) is 59.5 Å². The average Bonchev–Trinajstić information content (AvgIpc) is 2.33. The second-order valence-corrected chi connectivity index (χ2v) is 6.44. The number of nitrogens with one attached hydrogen (secondary N) is 1. The molecule has 100 valence electrons. The second kappa shape index (κ2) is 5.47. The zero-order valence-electron chi connectivity index (χ0n) is 11.3. The fourth-order valence-corrected chi connectivity index (χ4v) is 3.19. The summed E-state index contributed by atoms with van der Waals surface area (Å²) in [7, 11) is 0. The molecule has 3 nitrogen and oxygen atoms in total. The maximum atomic E-state index is 5.85. The van der Waals surface area contributed by atoms with Gasteiger partial charge >= 0.3 is 0 Å². The molecule has 0 saturated heterocycles. The van der Waals surface area contributed by atoms with E-state index in [1.807, 2.05) is 6.92 Å². The minimum Gasteiger partial charge on any atom is -0.397 e. The van der Waals surface area contributed by atoms with E-state index in [4.69, 9.17) is 5.73 Å². The quantitative estimate of drug-likeness (QED) is 0.869. The molecule has 1 heterocycles. The van der Waals surface area contributed by atoms with Crippen LogP contribution >= 0.6 is 15.9 Å². The van der Waals surface area contributed by atoms with Gasteiger partial charge in [-0.25, -0.2) is 4.98 Å². The standard InChI is InChI=1S/C14H22BrN3/c1-8-4-5-12(9(2)6-8)18-14-13(15)10(3)11(16)7-17-14/h7-9,12H,4-6,16H2,1-3H3,(H,17,18). The van der Waals surface area contributed by atoms with E-state index in [1.54, 1.807) is 6.20 Å². The Hall–Kier alpha value is -0.770. The van der Waals surface area contributed by atoms with Crippen LogP contribution in [0.3, 0.4) is 0 Å².